The summed E-state index contributed by atoms with van der Waals surface area (Å²) in [5.74, 6) is -0.494. The maximum atomic E-state index is 11.3. The minimum atomic E-state index is -0.494. The Morgan fingerprint density at radius 3 is 3.06 bits per heavy atom. The highest BCUT2D eigenvalue weighted by molar-refractivity contribution is 5.86. The molecular formula is C12H18N2O4. The molecule has 0 radical (unpaired) electrons. The van der Waals surface area contributed by atoms with Gasteiger partial charge in [-0.2, -0.15) is 4.98 Å². The number of hydrogen-bond acceptors (Lipinski definition) is 6. The molecule has 0 aromatic carbocycles. The van der Waals surface area contributed by atoms with E-state index in [9.17, 15) is 4.79 Å². The van der Waals surface area contributed by atoms with Crippen LogP contribution in [-0.2, 0) is 4.74 Å². The van der Waals surface area contributed by atoms with Crippen molar-refractivity contribution in [1.29, 1.82) is 0 Å². The Bertz CT molecular complexity index is 401. The van der Waals surface area contributed by atoms with Gasteiger partial charge in [0.25, 0.3) is 0 Å². The molecule has 1 fully saturated rings. The molecule has 0 aliphatic heterocycles. The van der Waals surface area contributed by atoms with Crippen LogP contribution < -0.4 is 4.74 Å². The molecule has 0 bridgehead atoms. The minimum Gasteiger partial charge on any atom is -0.461 e. The number of oxazole rings is 1. The van der Waals surface area contributed by atoms with Gasteiger partial charge in [-0.1, -0.05) is 0 Å². The Kier molecular flexibility index (Phi) is 4.19. The molecule has 0 atom stereocenters. The van der Waals surface area contributed by atoms with Gasteiger partial charge in [-0.05, 0) is 26.8 Å². The second-order valence-corrected chi connectivity index (χ2v) is 4.28. The average Bonchev–Trinajstić information content (AvgIpc) is 3.10. The van der Waals surface area contributed by atoms with Gasteiger partial charge in [0.1, 0.15) is 12.9 Å². The molecule has 0 N–H and O–H groups in total. The van der Waals surface area contributed by atoms with E-state index < -0.39 is 5.97 Å². The smallest absolute Gasteiger partial charge is 0.394 e. The average molecular weight is 254 g/mol. The molecule has 1 aliphatic carbocycles. The Morgan fingerprint density at radius 2 is 2.39 bits per heavy atom. The second kappa shape index (κ2) is 5.86. The van der Waals surface area contributed by atoms with Gasteiger partial charge in [-0.25, -0.2) is 4.79 Å². The number of rotatable bonds is 7. The number of likely N-dealkylation sites (N-methyl/N-ethyl adjacent to an activating group) is 1. The molecule has 0 amide bonds. The summed E-state index contributed by atoms with van der Waals surface area (Å²) in [5.41, 5.74) is 0.141. The number of carbonyl (C=O) groups excluding carboxylic acids is 1. The van der Waals surface area contributed by atoms with E-state index in [0.717, 1.165) is 6.54 Å². The Labute approximate surface area is 106 Å². The van der Waals surface area contributed by atoms with Crippen molar-refractivity contribution in [2.45, 2.75) is 25.8 Å². The SMILES string of the molecule is CCOC(=O)c1coc(OCCN(C)C2CC2)n1. The number of carbonyl (C=O) groups is 1. The summed E-state index contributed by atoms with van der Waals surface area (Å²) < 4.78 is 15.2. The molecule has 6 heteroatoms. The van der Waals surface area contributed by atoms with Crippen molar-refractivity contribution >= 4 is 5.97 Å². The van der Waals surface area contributed by atoms with Crippen LogP contribution in [-0.4, -0.2) is 48.7 Å². The van der Waals surface area contributed by atoms with E-state index in [0.29, 0.717) is 19.3 Å². The van der Waals surface area contributed by atoms with E-state index in [2.05, 4.69) is 16.9 Å². The van der Waals surface area contributed by atoms with Crippen LogP contribution in [0.25, 0.3) is 0 Å². The first-order valence-electron chi connectivity index (χ1n) is 6.16. The lowest BCUT2D eigenvalue weighted by Gasteiger charge is -2.14. The Hall–Kier alpha value is -1.56. The monoisotopic (exact) mass is 254 g/mol. The van der Waals surface area contributed by atoms with Gasteiger partial charge in [0.05, 0.1) is 6.61 Å². The predicted octanol–water partition coefficient (Wildman–Crippen LogP) is 1.32. The van der Waals surface area contributed by atoms with E-state index in [1.165, 1.54) is 19.1 Å². The van der Waals surface area contributed by atoms with E-state index in [-0.39, 0.29) is 11.8 Å². The summed E-state index contributed by atoms with van der Waals surface area (Å²) >= 11 is 0. The number of ether oxygens (including phenoxy) is 2. The normalized spacial score (nSPS) is 14.8. The minimum absolute atomic E-state index is 0.113. The number of nitrogens with zero attached hydrogens (tertiary/aromatic N) is 2. The van der Waals surface area contributed by atoms with Crippen LogP contribution in [0.15, 0.2) is 10.7 Å². The van der Waals surface area contributed by atoms with Crippen molar-refractivity contribution in [2.24, 2.45) is 0 Å². The zero-order valence-corrected chi connectivity index (χ0v) is 10.7. The fourth-order valence-corrected chi connectivity index (χ4v) is 1.60. The first-order chi connectivity index (χ1) is 8.70. The molecule has 1 aromatic rings. The van der Waals surface area contributed by atoms with Crippen LogP contribution in [0.1, 0.15) is 30.3 Å². The second-order valence-electron chi connectivity index (χ2n) is 4.28. The van der Waals surface area contributed by atoms with E-state index in [1.54, 1.807) is 6.92 Å². The zero-order valence-electron chi connectivity index (χ0n) is 10.7. The molecule has 6 nitrogen and oxygen atoms in total. The van der Waals surface area contributed by atoms with Gasteiger partial charge in [-0.3, -0.25) is 0 Å². The largest absolute Gasteiger partial charge is 0.461 e. The van der Waals surface area contributed by atoms with E-state index in [1.807, 2.05) is 0 Å². The standard InChI is InChI=1S/C12H18N2O4/c1-3-16-11(15)10-8-18-12(13-10)17-7-6-14(2)9-4-5-9/h8-9H,3-7H2,1-2H3. The highest BCUT2D eigenvalue weighted by Gasteiger charge is 2.25. The van der Waals surface area contributed by atoms with Gasteiger partial charge >= 0.3 is 12.0 Å². The number of esters is 1. The summed E-state index contributed by atoms with van der Waals surface area (Å²) in [4.78, 5) is 17.5. The molecule has 0 spiro atoms. The lowest BCUT2D eigenvalue weighted by molar-refractivity contribution is 0.0519. The first kappa shape index (κ1) is 12.9. The van der Waals surface area contributed by atoms with Gasteiger partial charge in [0, 0.05) is 12.6 Å². The molecule has 0 unspecified atom stereocenters. The summed E-state index contributed by atoms with van der Waals surface area (Å²) in [5, 5.41) is 0. The molecule has 2 rings (SSSR count). The maximum absolute atomic E-state index is 11.3. The van der Waals surface area contributed by atoms with Crippen LogP contribution in [0, 0.1) is 0 Å². The fraction of sp³-hybridized carbons (Fsp3) is 0.667. The van der Waals surface area contributed by atoms with Crippen molar-refractivity contribution in [3.05, 3.63) is 12.0 Å². The first-order valence-corrected chi connectivity index (χ1v) is 6.16. The van der Waals surface area contributed by atoms with Crippen molar-refractivity contribution < 1.29 is 18.7 Å². The summed E-state index contributed by atoms with van der Waals surface area (Å²) in [7, 11) is 2.07. The Balaban J connectivity index is 1.74. The number of aromatic nitrogens is 1. The maximum Gasteiger partial charge on any atom is 0.394 e. The van der Waals surface area contributed by atoms with Gasteiger partial charge < -0.3 is 18.8 Å². The molecule has 0 saturated heterocycles. The van der Waals surface area contributed by atoms with Gasteiger partial charge in [0.2, 0.25) is 0 Å². The van der Waals surface area contributed by atoms with E-state index >= 15 is 0 Å². The van der Waals surface area contributed by atoms with Gasteiger partial charge in [0.15, 0.2) is 5.69 Å². The van der Waals surface area contributed by atoms with Crippen LogP contribution in [0.3, 0.4) is 0 Å². The third-order valence-electron chi connectivity index (χ3n) is 2.81. The summed E-state index contributed by atoms with van der Waals surface area (Å²) in [6, 6.07) is 0.702. The zero-order chi connectivity index (χ0) is 13.0. The predicted molar refractivity (Wildman–Crippen MR) is 63.6 cm³/mol. The van der Waals surface area contributed by atoms with Crippen LogP contribution in [0.4, 0.5) is 0 Å². The highest BCUT2D eigenvalue weighted by atomic mass is 16.6. The van der Waals surface area contributed by atoms with Crippen LogP contribution in [0.5, 0.6) is 6.08 Å². The van der Waals surface area contributed by atoms with Crippen molar-refractivity contribution in [3.63, 3.8) is 0 Å². The molecule has 18 heavy (non-hydrogen) atoms. The summed E-state index contributed by atoms with van der Waals surface area (Å²) in [6.07, 6.45) is 3.89. The van der Waals surface area contributed by atoms with E-state index in [4.69, 9.17) is 13.9 Å². The van der Waals surface area contributed by atoms with Crippen LogP contribution in [0.2, 0.25) is 0 Å². The molecule has 1 saturated carbocycles. The molecule has 100 valence electrons. The molecular weight excluding hydrogens is 236 g/mol. The van der Waals surface area contributed by atoms with Gasteiger partial charge in [-0.15, -0.1) is 0 Å². The number of hydrogen-bond donors (Lipinski definition) is 0. The highest BCUT2D eigenvalue weighted by Crippen LogP contribution is 2.24. The topological polar surface area (TPSA) is 64.8 Å². The fourth-order valence-electron chi connectivity index (χ4n) is 1.60. The summed E-state index contributed by atoms with van der Waals surface area (Å²) in [6.45, 7) is 3.37. The third kappa shape index (κ3) is 3.46. The third-order valence-corrected chi connectivity index (χ3v) is 2.81. The molecule has 1 heterocycles. The Morgan fingerprint density at radius 1 is 1.61 bits per heavy atom. The van der Waals surface area contributed by atoms with Crippen molar-refractivity contribution in [1.82, 2.24) is 9.88 Å². The van der Waals surface area contributed by atoms with Crippen molar-refractivity contribution in [3.8, 4) is 6.08 Å². The molecule has 1 aromatic heterocycles. The van der Waals surface area contributed by atoms with Crippen LogP contribution >= 0.6 is 0 Å². The van der Waals surface area contributed by atoms with Crippen molar-refractivity contribution in [2.75, 3.05) is 26.8 Å². The quantitative estimate of drug-likeness (QED) is 0.684. The lowest BCUT2D eigenvalue weighted by atomic mass is 10.5. The molecule has 1 aliphatic rings. The lowest BCUT2D eigenvalue weighted by Crippen LogP contribution is -2.26.